The first-order valence-electron chi connectivity index (χ1n) is 8.35. The molecule has 0 spiro atoms. The molecule has 0 saturated carbocycles. The second-order valence-electron chi connectivity index (χ2n) is 6.27. The van der Waals surface area contributed by atoms with E-state index in [2.05, 4.69) is 15.1 Å². The molecule has 0 aromatic heterocycles. The van der Waals surface area contributed by atoms with Gasteiger partial charge >= 0.3 is 0 Å². The Balaban J connectivity index is 1.37. The first-order chi connectivity index (χ1) is 10.3. The van der Waals surface area contributed by atoms with Crippen molar-refractivity contribution < 1.29 is 9.53 Å². The number of morpholine rings is 1. The quantitative estimate of drug-likeness (QED) is 0.737. The SMILES string of the molecule is O=C(CCN1CCC(N2CCOCC2)C1)N1CCNCC1. The zero-order chi connectivity index (χ0) is 14.5. The van der Waals surface area contributed by atoms with Gasteiger partial charge in [0, 0.05) is 64.8 Å². The lowest BCUT2D eigenvalue weighted by Gasteiger charge is -2.32. The van der Waals surface area contributed by atoms with Crippen molar-refractivity contribution in [1.29, 1.82) is 0 Å². The summed E-state index contributed by atoms with van der Waals surface area (Å²) < 4.78 is 5.42. The molecule has 0 aromatic rings. The van der Waals surface area contributed by atoms with E-state index in [1.165, 1.54) is 6.42 Å². The summed E-state index contributed by atoms with van der Waals surface area (Å²) in [5.74, 6) is 0.325. The number of piperazine rings is 1. The predicted octanol–water partition coefficient (Wildman–Crippen LogP) is -0.785. The Labute approximate surface area is 127 Å². The summed E-state index contributed by atoms with van der Waals surface area (Å²) in [6.07, 6.45) is 1.91. The number of amides is 1. The van der Waals surface area contributed by atoms with E-state index in [1.54, 1.807) is 0 Å². The van der Waals surface area contributed by atoms with Crippen LogP contribution >= 0.6 is 0 Å². The van der Waals surface area contributed by atoms with Crippen LogP contribution in [0.3, 0.4) is 0 Å². The fraction of sp³-hybridized carbons (Fsp3) is 0.933. The molecule has 3 saturated heterocycles. The molecule has 3 fully saturated rings. The molecule has 6 nitrogen and oxygen atoms in total. The number of nitrogens with zero attached hydrogens (tertiary/aromatic N) is 3. The average molecular weight is 296 g/mol. The number of ether oxygens (including phenoxy) is 1. The van der Waals surface area contributed by atoms with Crippen LogP contribution in [-0.4, -0.2) is 98.8 Å². The van der Waals surface area contributed by atoms with E-state index < -0.39 is 0 Å². The van der Waals surface area contributed by atoms with E-state index in [-0.39, 0.29) is 0 Å². The van der Waals surface area contributed by atoms with Crippen LogP contribution in [0, 0.1) is 0 Å². The molecular weight excluding hydrogens is 268 g/mol. The predicted molar refractivity (Wildman–Crippen MR) is 81.3 cm³/mol. The average Bonchev–Trinajstić information content (AvgIpc) is 3.03. The van der Waals surface area contributed by atoms with E-state index in [4.69, 9.17) is 4.74 Å². The summed E-state index contributed by atoms with van der Waals surface area (Å²) in [7, 11) is 0. The lowest BCUT2D eigenvalue weighted by molar-refractivity contribution is -0.132. The number of hydrogen-bond acceptors (Lipinski definition) is 5. The highest BCUT2D eigenvalue weighted by Crippen LogP contribution is 2.17. The first-order valence-corrected chi connectivity index (χ1v) is 8.35. The van der Waals surface area contributed by atoms with Gasteiger partial charge in [-0.25, -0.2) is 0 Å². The van der Waals surface area contributed by atoms with Crippen LogP contribution in [0.1, 0.15) is 12.8 Å². The third-order valence-electron chi connectivity index (χ3n) is 4.92. The van der Waals surface area contributed by atoms with Crippen LogP contribution in [0.4, 0.5) is 0 Å². The third kappa shape index (κ3) is 4.16. The van der Waals surface area contributed by atoms with Crippen LogP contribution in [0.25, 0.3) is 0 Å². The van der Waals surface area contributed by atoms with Crippen molar-refractivity contribution in [3.8, 4) is 0 Å². The largest absolute Gasteiger partial charge is 0.379 e. The van der Waals surface area contributed by atoms with Crippen molar-refractivity contribution in [3.63, 3.8) is 0 Å². The lowest BCUT2D eigenvalue weighted by atomic mass is 10.2. The van der Waals surface area contributed by atoms with Gasteiger partial charge < -0.3 is 19.9 Å². The molecule has 3 aliphatic heterocycles. The minimum absolute atomic E-state index is 0.325. The maximum atomic E-state index is 12.2. The van der Waals surface area contributed by atoms with Crippen molar-refractivity contribution in [2.75, 3.05) is 72.1 Å². The van der Waals surface area contributed by atoms with Crippen molar-refractivity contribution in [3.05, 3.63) is 0 Å². The second kappa shape index (κ2) is 7.54. The summed E-state index contributed by atoms with van der Waals surface area (Å²) in [6.45, 7) is 10.7. The fourth-order valence-corrected chi connectivity index (χ4v) is 3.58. The topological polar surface area (TPSA) is 48.1 Å². The molecule has 0 aliphatic carbocycles. The molecule has 0 aromatic carbocycles. The Hall–Kier alpha value is -0.690. The zero-order valence-electron chi connectivity index (χ0n) is 12.9. The standard InChI is InChI=1S/C15H28N4O2/c20-15(19-7-3-16-4-8-19)2-6-17-5-1-14(13-17)18-9-11-21-12-10-18/h14,16H,1-13H2. The number of likely N-dealkylation sites (tertiary alicyclic amines) is 1. The Morgan fingerprint density at radius 2 is 1.86 bits per heavy atom. The Kier molecular flexibility index (Phi) is 5.46. The van der Waals surface area contributed by atoms with Gasteiger partial charge in [-0.3, -0.25) is 9.69 Å². The van der Waals surface area contributed by atoms with Crippen LogP contribution < -0.4 is 5.32 Å². The first kappa shape index (κ1) is 15.2. The van der Waals surface area contributed by atoms with Gasteiger partial charge in [0.2, 0.25) is 5.91 Å². The van der Waals surface area contributed by atoms with Crippen LogP contribution in [0.15, 0.2) is 0 Å². The molecule has 21 heavy (non-hydrogen) atoms. The minimum Gasteiger partial charge on any atom is -0.379 e. The molecule has 0 radical (unpaired) electrons. The highest BCUT2D eigenvalue weighted by atomic mass is 16.5. The zero-order valence-corrected chi connectivity index (χ0v) is 12.9. The minimum atomic E-state index is 0.325. The van der Waals surface area contributed by atoms with Crippen LogP contribution in [0.5, 0.6) is 0 Å². The molecule has 0 bridgehead atoms. The Morgan fingerprint density at radius 1 is 1.10 bits per heavy atom. The normalized spacial score (nSPS) is 29.0. The number of carbonyl (C=O) groups is 1. The van der Waals surface area contributed by atoms with E-state index in [0.717, 1.165) is 72.1 Å². The van der Waals surface area contributed by atoms with E-state index in [1.807, 2.05) is 4.90 Å². The summed E-state index contributed by atoms with van der Waals surface area (Å²) in [4.78, 5) is 19.2. The number of rotatable bonds is 4. The van der Waals surface area contributed by atoms with E-state index in [0.29, 0.717) is 18.4 Å². The molecule has 3 heterocycles. The Morgan fingerprint density at radius 3 is 2.62 bits per heavy atom. The highest BCUT2D eigenvalue weighted by Gasteiger charge is 2.29. The van der Waals surface area contributed by atoms with Crippen LogP contribution in [0.2, 0.25) is 0 Å². The molecule has 6 heteroatoms. The molecule has 1 atom stereocenters. The van der Waals surface area contributed by atoms with Gasteiger partial charge in [-0.15, -0.1) is 0 Å². The molecule has 3 rings (SSSR count). The smallest absolute Gasteiger partial charge is 0.223 e. The monoisotopic (exact) mass is 296 g/mol. The maximum Gasteiger partial charge on any atom is 0.223 e. The number of hydrogen-bond donors (Lipinski definition) is 1. The van der Waals surface area contributed by atoms with Crippen molar-refractivity contribution in [2.45, 2.75) is 18.9 Å². The number of nitrogens with one attached hydrogen (secondary N) is 1. The van der Waals surface area contributed by atoms with E-state index >= 15 is 0 Å². The van der Waals surface area contributed by atoms with Crippen LogP contribution in [-0.2, 0) is 9.53 Å². The third-order valence-corrected chi connectivity index (χ3v) is 4.92. The van der Waals surface area contributed by atoms with Crippen molar-refractivity contribution in [1.82, 2.24) is 20.0 Å². The molecule has 1 unspecified atom stereocenters. The summed E-state index contributed by atoms with van der Waals surface area (Å²) in [5.41, 5.74) is 0. The van der Waals surface area contributed by atoms with Gasteiger partial charge in [-0.2, -0.15) is 0 Å². The van der Waals surface area contributed by atoms with Gasteiger partial charge in [-0.1, -0.05) is 0 Å². The van der Waals surface area contributed by atoms with Gasteiger partial charge in [0.15, 0.2) is 0 Å². The highest BCUT2D eigenvalue weighted by molar-refractivity contribution is 5.76. The molecule has 120 valence electrons. The number of carbonyl (C=O) groups excluding carboxylic acids is 1. The van der Waals surface area contributed by atoms with Crippen molar-refractivity contribution in [2.24, 2.45) is 0 Å². The van der Waals surface area contributed by atoms with Crippen molar-refractivity contribution >= 4 is 5.91 Å². The molecule has 1 N–H and O–H groups in total. The van der Waals surface area contributed by atoms with Gasteiger partial charge in [0.1, 0.15) is 0 Å². The molecule has 1 amide bonds. The lowest BCUT2D eigenvalue weighted by Crippen LogP contribution is -2.47. The van der Waals surface area contributed by atoms with Gasteiger partial charge in [-0.05, 0) is 13.0 Å². The molecule has 3 aliphatic rings. The maximum absolute atomic E-state index is 12.2. The van der Waals surface area contributed by atoms with E-state index in [9.17, 15) is 4.79 Å². The van der Waals surface area contributed by atoms with Gasteiger partial charge in [0.25, 0.3) is 0 Å². The summed E-state index contributed by atoms with van der Waals surface area (Å²) in [5, 5.41) is 3.29. The Bertz CT molecular complexity index is 341. The summed E-state index contributed by atoms with van der Waals surface area (Å²) >= 11 is 0. The fourth-order valence-electron chi connectivity index (χ4n) is 3.58. The second-order valence-corrected chi connectivity index (χ2v) is 6.27. The van der Waals surface area contributed by atoms with Gasteiger partial charge in [0.05, 0.1) is 13.2 Å². The summed E-state index contributed by atoms with van der Waals surface area (Å²) in [6, 6.07) is 0.670. The molecular formula is C15H28N4O2.